The van der Waals surface area contributed by atoms with Crippen LogP contribution >= 0.6 is 0 Å². The molecule has 0 spiro atoms. The van der Waals surface area contributed by atoms with Gasteiger partial charge in [-0.15, -0.1) is 0 Å². The Hall–Kier alpha value is -3.57. The Morgan fingerprint density at radius 1 is 1.00 bits per heavy atom. The molecule has 3 aromatic rings. The van der Waals surface area contributed by atoms with Gasteiger partial charge in [-0.2, -0.15) is 5.26 Å². The van der Waals surface area contributed by atoms with Crippen molar-refractivity contribution >= 4 is 5.82 Å². The molecular formula is C25H23F2N5O. The number of nitriles is 1. The van der Waals surface area contributed by atoms with Crippen molar-refractivity contribution in [1.82, 2.24) is 9.55 Å². The minimum atomic E-state index is -0.708. The van der Waals surface area contributed by atoms with Gasteiger partial charge >= 0.3 is 0 Å². The van der Waals surface area contributed by atoms with E-state index in [4.69, 9.17) is 16.0 Å². The normalized spacial score (nSPS) is 16.6. The van der Waals surface area contributed by atoms with E-state index >= 15 is 0 Å². The molecule has 8 heteroatoms. The third kappa shape index (κ3) is 4.12. The highest BCUT2D eigenvalue weighted by molar-refractivity contribution is 5.62. The largest absolute Gasteiger partial charge is 0.356 e. The molecule has 2 aromatic carbocycles. The molecule has 168 valence electrons. The number of hydrogen-bond donors (Lipinski definition) is 1. The van der Waals surface area contributed by atoms with Crippen LogP contribution in [0.1, 0.15) is 42.7 Å². The van der Waals surface area contributed by atoms with Crippen molar-refractivity contribution in [3.8, 4) is 23.1 Å². The average molecular weight is 447 g/mol. The van der Waals surface area contributed by atoms with Crippen LogP contribution in [0.4, 0.5) is 14.6 Å². The van der Waals surface area contributed by atoms with Gasteiger partial charge in [0.15, 0.2) is 0 Å². The highest BCUT2D eigenvalue weighted by atomic mass is 19.1. The summed E-state index contributed by atoms with van der Waals surface area (Å²) in [5, 5.41) is 9.08. The van der Waals surface area contributed by atoms with Crippen molar-refractivity contribution in [3.63, 3.8) is 0 Å². The lowest BCUT2D eigenvalue weighted by atomic mass is 10.1. The number of hydrogen-bond acceptors (Lipinski definition) is 5. The van der Waals surface area contributed by atoms with Crippen LogP contribution in [0, 0.1) is 23.0 Å². The first-order valence-electron chi connectivity index (χ1n) is 11.1. The van der Waals surface area contributed by atoms with Gasteiger partial charge in [0.2, 0.25) is 0 Å². The minimum Gasteiger partial charge on any atom is -0.356 e. The number of piperidine rings is 1. The van der Waals surface area contributed by atoms with Gasteiger partial charge in [0.25, 0.3) is 5.56 Å². The van der Waals surface area contributed by atoms with Crippen LogP contribution in [0.5, 0.6) is 0 Å². The number of nitrogens with two attached hydrogens (primary N) is 1. The molecule has 2 aliphatic rings. The quantitative estimate of drug-likeness (QED) is 0.656. The van der Waals surface area contributed by atoms with Crippen LogP contribution in [-0.2, 0) is 0 Å². The molecule has 0 amide bonds. The van der Waals surface area contributed by atoms with Crippen LogP contribution in [-0.4, -0.2) is 28.7 Å². The van der Waals surface area contributed by atoms with Crippen molar-refractivity contribution in [1.29, 1.82) is 5.26 Å². The standard InChI is InChI=1S/C25H23F2N5O/c26-21-11-16(3-4-17(21)14-28)25-30-23(31-9-7-18(29)8-10-31)13-24(33)32(25)19-5-6-20(15-1-2-15)22(27)12-19/h3-6,11-13,15,18H,1-2,7-10,29H2. The Labute approximate surface area is 189 Å². The van der Waals surface area contributed by atoms with Gasteiger partial charge in [-0.05, 0) is 67.5 Å². The molecule has 2 N–H and O–H groups in total. The van der Waals surface area contributed by atoms with Crippen LogP contribution in [0.25, 0.3) is 17.1 Å². The van der Waals surface area contributed by atoms with E-state index in [1.54, 1.807) is 24.3 Å². The second-order valence-electron chi connectivity index (χ2n) is 8.72. The molecule has 2 heterocycles. The molecule has 1 aliphatic carbocycles. The molecule has 0 radical (unpaired) electrons. The van der Waals surface area contributed by atoms with E-state index in [9.17, 15) is 13.6 Å². The first-order valence-corrected chi connectivity index (χ1v) is 11.1. The van der Waals surface area contributed by atoms with Crippen molar-refractivity contribution in [3.05, 3.63) is 75.6 Å². The van der Waals surface area contributed by atoms with Crippen LogP contribution in [0.2, 0.25) is 0 Å². The number of halogens is 2. The molecule has 33 heavy (non-hydrogen) atoms. The van der Waals surface area contributed by atoms with E-state index in [1.165, 1.54) is 28.8 Å². The summed E-state index contributed by atoms with van der Waals surface area (Å²) in [5.74, 6) is -0.186. The smallest absolute Gasteiger partial charge is 0.260 e. The van der Waals surface area contributed by atoms with Gasteiger partial charge in [0, 0.05) is 30.8 Å². The maximum atomic E-state index is 14.8. The van der Waals surface area contributed by atoms with E-state index in [1.807, 2.05) is 4.90 Å². The molecule has 2 fully saturated rings. The van der Waals surface area contributed by atoms with Gasteiger partial charge in [-0.1, -0.05) is 6.07 Å². The number of rotatable bonds is 4. The number of nitrogens with zero attached hydrogens (tertiary/aromatic N) is 4. The SMILES string of the molecule is N#Cc1ccc(-c2nc(N3CCC(N)CC3)cc(=O)n2-c2ccc(C3CC3)c(F)c2)cc1F. The molecule has 5 rings (SSSR count). The molecule has 0 atom stereocenters. The second-order valence-corrected chi connectivity index (χ2v) is 8.72. The summed E-state index contributed by atoms with van der Waals surface area (Å²) >= 11 is 0. The molecule has 1 saturated carbocycles. The van der Waals surface area contributed by atoms with Crippen molar-refractivity contribution < 1.29 is 8.78 Å². The molecule has 1 aromatic heterocycles. The summed E-state index contributed by atoms with van der Waals surface area (Å²) in [6.45, 7) is 1.31. The third-order valence-corrected chi connectivity index (χ3v) is 6.38. The summed E-state index contributed by atoms with van der Waals surface area (Å²) in [6, 6.07) is 12.1. The molecular weight excluding hydrogens is 424 g/mol. The predicted molar refractivity (Wildman–Crippen MR) is 121 cm³/mol. The fraction of sp³-hybridized carbons (Fsp3) is 0.320. The van der Waals surface area contributed by atoms with Gasteiger partial charge in [-0.3, -0.25) is 9.36 Å². The fourth-order valence-corrected chi connectivity index (χ4v) is 4.33. The highest BCUT2D eigenvalue weighted by Gasteiger charge is 2.27. The summed E-state index contributed by atoms with van der Waals surface area (Å²) in [5.41, 5.74) is 6.80. The van der Waals surface area contributed by atoms with Crippen molar-refractivity contribution in [2.45, 2.75) is 37.6 Å². The van der Waals surface area contributed by atoms with Gasteiger partial charge < -0.3 is 10.6 Å². The minimum absolute atomic E-state index is 0.103. The van der Waals surface area contributed by atoms with E-state index in [0.717, 1.165) is 25.7 Å². The number of benzene rings is 2. The highest BCUT2D eigenvalue weighted by Crippen LogP contribution is 2.41. The van der Waals surface area contributed by atoms with E-state index < -0.39 is 11.4 Å². The Morgan fingerprint density at radius 3 is 2.39 bits per heavy atom. The molecule has 1 aliphatic heterocycles. The topological polar surface area (TPSA) is 87.9 Å². The Bertz CT molecular complexity index is 1320. The maximum absolute atomic E-state index is 14.8. The Balaban J connectivity index is 1.66. The molecule has 1 saturated heterocycles. The average Bonchev–Trinajstić information content (AvgIpc) is 3.64. The maximum Gasteiger partial charge on any atom is 0.260 e. The van der Waals surface area contributed by atoms with E-state index in [-0.39, 0.29) is 29.2 Å². The lowest BCUT2D eigenvalue weighted by molar-refractivity contribution is 0.498. The Morgan fingerprint density at radius 2 is 1.76 bits per heavy atom. The van der Waals surface area contributed by atoms with Crippen molar-refractivity contribution in [2.24, 2.45) is 5.73 Å². The zero-order valence-corrected chi connectivity index (χ0v) is 18.0. The number of anilines is 1. The zero-order chi connectivity index (χ0) is 23.1. The first-order chi connectivity index (χ1) is 15.9. The summed E-state index contributed by atoms with van der Waals surface area (Å²) in [6.07, 6.45) is 3.47. The van der Waals surface area contributed by atoms with Crippen LogP contribution < -0.4 is 16.2 Å². The van der Waals surface area contributed by atoms with Crippen LogP contribution in [0.3, 0.4) is 0 Å². The summed E-state index contributed by atoms with van der Waals surface area (Å²) in [7, 11) is 0. The summed E-state index contributed by atoms with van der Waals surface area (Å²) in [4.78, 5) is 20.0. The Kier molecular flexibility index (Phi) is 5.43. The summed E-state index contributed by atoms with van der Waals surface area (Å²) < 4.78 is 30.6. The lowest BCUT2D eigenvalue weighted by Gasteiger charge is -2.31. The lowest BCUT2D eigenvalue weighted by Crippen LogP contribution is -2.40. The monoisotopic (exact) mass is 447 g/mol. The van der Waals surface area contributed by atoms with E-state index in [0.29, 0.717) is 35.7 Å². The van der Waals surface area contributed by atoms with Crippen LogP contribution in [0.15, 0.2) is 47.3 Å². The van der Waals surface area contributed by atoms with Gasteiger partial charge in [0.05, 0.1) is 11.3 Å². The fourth-order valence-electron chi connectivity index (χ4n) is 4.33. The molecule has 0 unspecified atom stereocenters. The first kappa shape index (κ1) is 21.3. The van der Waals surface area contributed by atoms with Gasteiger partial charge in [-0.25, -0.2) is 13.8 Å². The molecule has 0 bridgehead atoms. The number of aromatic nitrogens is 2. The molecule has 6 nitrogen and oxygen atoms in total. The predicted octanol–water partition coefficient (Wildman–Crippen LogP) is 3.85. The second kappa shape index (κ2) is 8.41. The van der Waals surface area contributed by atoms with Gasteiger partial charge in [0.1, 0.15) is 29.3 Å². The third-order valence-electron chi connectivity index (χ3n) is 6.38. The zero-order valence-electron chi connectivity index (χ0n) is 18.0. The van der Waals surface area contributed by atoms with Crippen molar-refractivity contribution in [2.75, 3.05) is 18.0 Å². The van der Waals surface area contributed by atoms with E-state index in [2.05, 4.69) is 0 Å².